The first-order valence-corrected chi connectivity index (χ1v) is 7.03. The Bertz CT molecular complexity index is 756. The van der Waals surface area contributed by atoms with Gasteiger partial charge >= 0.3 is 6.09 Å². The van der Waals surface area contributed by atoms with Crippen molar-refractivity contribution in [3.63, 3.8) is 0 Å². The fourth-order valence-electron chi connectivity index (χ4n) is 2.06. The van der Waals surface area contributed by atoms with Gasteiger partial charge in [0.25, 0.3) is 0 Å². The maximum absolute atomic E-state index is 11.5. The van der Waals surface area contributed by atoms with Crippen molar-refractivity contribution in [3.8, 4) is 0 Å². The van der Waals surface area contributed by atoms with Gasteiger partial charge in [0.15, 0.2) is 0 Å². The smallest absolute Gasteiger partial charge is 0.411 e. The molecule has 0 unspecified atom stereocenters. The third kappa shape index (κ3) is 3.94. The Hall–Kier alpha value is -3.15. The minimum absolute atomic E-state index is 0.165. The van der Waals surface area contributed by atoms with Crippen LogP contribution in [0.5, 0.6) is 0 Å². The number of hydrogen-bond donors (Lipinski definition) is 3. The van der Waals surface area contributed by atoms with Gasteiger partial charge in [-0.2, -0.15) is 0 Å². The fraction of sp³-hybridized carbons (Fsp3) is 0.118. The summed E-state index contributed by atoms with van der Waals surface area (Å²) in [7, 11) is 0. The minimum atomic E-state index is -0.557. The van der Waals surface area contributed by atoms with Crippen molar-refractivity contribution >= 4 is 29.5 Å². The number of nitrogens with one attached hydrogen (secondary N) is 2. The number of hydrogen-bond acceptors (Lipinski definition) is 5. The van der Waals surface area contributed by atoms with E-state index in [1.165, 1.54) is 0 Å². The third-order valence-corrected chi connectivity index (χ3v) is 3.16. The molecular weight excluding hydrogens is 294 g/mol. The molecule has 0 atom stereocenters. The van der Waals surface area contributed by atoms with E-state index in [1.54, 1.807) is 49.4 Å². The molecule has 0 fully saturated rings. The van der Waals surface area contributed by atoms with Crippen LogP contribution in [0.25, 0.3) is 0 Å². The van der Waals surface area contributed by atoms with Crippen molar-refractivity contribution in [2.45, 2.75) is 6.92 Å². The van der Waals surface area contributed by atoms with Crippen molar-refractivity contribution < 1.29 is 14.3 Å². The molecule has 4 N–H and O–H groups in total. The lowest BCUT2D eigenvalue weighted by molar-refractivity contribution is 0.112. The number of carbonyl (C=O) groups excluding carboxylic acids is 2. The molecule has 0 aliphatic rings. The van der Waals surface area contributed by atoms with Crippen LogP contribution in [0, 0.1) is 5.41 Å². The molecule has 2 aromatic rings. The van der Waals surface area contributed by atoms with Crippen LogP contribution in [0.3, 0.4) is 0 Å². The highest BCUT2D eigenvalue weighted by Gasteiger charge is 2.11. The molecule has 2 aromatic carbocycles. The van der Waals surface area contributed by atoms with Gasteiger partial charge in [-0.3, -0.25) is 15.5 Å². The zero-order valence-electron chi connectivity index (χ0n) is 12.6. The van der Waals surface area contributed by atoms with Crippen molar-refractivity contribution in [3.05, 3.63) is 59.2 Å². The monoisotopic (exact) mass is 311 g/mol. The minimum Gasteiger partial charge on any atom is -0.450 e. The van der Waals surface area contributed by atoms with E-state index in [4.69, 9.17) is 15.9 Å². The Kier molecular flexibility index (Phi) is 5.09. The molecule has 0 saturated heterocycles. The van der Waals surface area contributed by atoms with Crippen LogP contribution < -0.4 is 11.1 Å². The van der Waals surface area contributed by atoms with Gasteiger partial charge in [-0.15, -0.1) is 0 Å². The van der Waals surface area contributed by atoms with Crippen LogP contribution in [0.1, 0.15) is 28.4 Å². The molecule has 1 amide bonds. The van der Waals surface area contributed by atoms with Gasteiger partial charge in [0.05, 0.1) is 12.3 Å². The third-order valence-electron chi connectivity index (χ3n) is 3.16. The summed E-state index contributed by atoms with van der Waals surface area (Å²) in [6.07, 6.45) is 0.147. The second-order valence-corrected chi connectivity index (χ2v) is 4.77. The summed E-state index contributed by atoms with van der Waals surface area (Å²) in [6.45, 7) is 1.99. The Balaban J connectivity index is 2.29. The lowest BCUT2D eigenvalue weighted by atomic mass is 9.99. The zero-order valence-corrected chi connectivity index (χ0v) is 12.6. The van der Waals surface area contributed by atoms with Crippen molar-refractivity contribution in [1.29, 1.82) is 5.41 Å². The summed E-state index contributed by atoms with van der Waals surface area (Å²) in [6, 6.07) is 11.5. The van der Waals surface area contributed by atoms with E-state index in [0.29, 0.717) is 34.4 Å². The Morgan fingerprint density at radius 1 is 1.30 bits per heavy atom. The fourth-order valence-corrected chi connectivity index (χ4v) is 2.06. The number of carbonyl (C=O) groups is 2. The normalized spacial score (nSPS) is 9.96. The van der Waals surface area contributed by atoms with E-state index in [-0.39, 0.29) is 12.3 Å². The van der Waals surface area contributed by atoms with Gasteiger partial charge in [0.1, 0.15) is 6.29 Å². The molecule has 0 saturated carbocycles. The molecule has 118 valence electrons. The number of ether oxygens (including phenoxy) is 1. The van der Waals surface area contributed by atoms with Gasteiger partial charge < -0.3 is 10.5 Å². The van der Waals surface area contributed by atoms with Gasteiger partial charge in [0.2, 0.25) is 0 Å². The van der Waals surface area contributed by atoms with Gasteiger partial charge in [0, 0.05) is 28.1 Å². The molecule has 6 nitrogen and oxygen atoms in total. The van der Waals surface area contributed by atoms with Crippen molar-refractivity contribution in [1.82, 2.24) is 0 Å². The molecule has 0 aliphatic heterocycles. The Labute approximate surface area is 133 Å². The zero-order chi connectivity index (χ0) is 16.8. The number of aldehydes is 1. The first-order valence-electron chi connectivity index (χ1n) is 7.03. The van der Waals surface area contributed by atoms with E-state index in [0.717, 1.165) is 0 Å². The van der Waals surface area contributed by atoms with Crippen LogP contribution in [-0.4, -0.2) is 24.7 Å². The van der Waals surface area contributed by atoms with E-state index < -0.39 is 6.09 Å². The van der Waals surface area contributed by atoms with Crippen molar-refractivity contribution in [2.24, 2.45) is 0 Å². The quantitative estimate of drug-likeness (QED) is 0.448. The summed E-state index contributed by atoms with van der Waals surface area (Å²) in [5.74, 6) is 0. The predicted octanol–water partition coefficient (Wildman–Crippen LogP) is 3.07. The molecule has 0 aliphatic carbocycles. The molecule has 0 spiro atoms. The van der Waals surface area contributed by atoms with Crippen LogP contribution in [-0.2, 0) is 4.74 Å². The first-order chi connectivity index (χ1) is 11.0. The molecule has 0 heterocycles. The second-order valence-electron chi connectivity index (χ2n) is 4.77. The number of nitrogen functional groups attached to an aromatic ring is 1. The summed E-state index contributed by atoms with van der Waals surface area (Å²) in [4.78, 5) is 22.3. The summed E-state index contributed by atoms with van der Waals surface area (Å²) in [5, 5.41) is 10.9. The summed E-state index contributed by atoms with van der Waals surface area (Å²) >= 11 is 0. The topological polar surface area (TPSA) is 105 Å². The van der Waals surface area contributed by atoms with Crippen LogP contribution in [0.15, 0.2) is 42.5 Å². The standard InChI is InChI=1S/C17H17N3O3/c1-2-23-17(22)20-13-5-3-4-12(9-13)16(19)14-8-11(10-21)6-7-15(14)18/h3-10,19H,2,18H2,1H3,(H,20,22). The second kappa shape index (κ2) is 7.22. The van der Waals surface area contributed by atoms with Gasteiger partial charge in [-0.05, 0) is 37.3 Å². The predicted molar refractivity (Wildman–Crippen MR) is 89.3 cm³/mol. The van der Waals surface area contributed by atoms with Crippen LogP contribution in [0.4, 0.5) is 16.2 Å². The SMILES string of the molecule is CCOC(=O)Nc1cccc(C(=N)c2cc(C=O)ccc2N)c1. The highest BCUT2D eigenvalue weighted by molar-refractivity contribution is 6.14. The number of benzene rings is 2. The van der Waals surface area contributed by atoms with E-state index in [9.17, 15) is 9.59 Å². The summed E-state index contributed by atoms with van der Waals surface area (Å²) < 4.78 is 4.82. The molecule has 2 rings (SSSR count). The van der Waals surface area contributed by atoms with Gasteiger partial charge in [-0.1, -0.05) is 12.1 Å². The summed E-state index contributed by atoms with van der Waals surface area (Å²) in [5.41, 5.74) is 8.45. The first kappa shape index (κ1) is 16.2. The number of nitrogens with two attached hydrogens (primary N) is 1. The van der Waals surface area contributed by atoms with E-state index >= 15 is 0 Å². The molecular formula is C17H17N3O3. The molecule has 0 bridgehead atoms. The molecule has 0 radical (unpaired) electrons. The van der Waals surface area contributed by atoms with Crippen LogP contribution >= 0.6 is 0 Å². The van der Waals surface area contributed by atoms with E-state index in [1.807, 2.05) is 0 Å². The number of amides is 1. The number of rotatable bonds is 5. The lowest BCUT2D eigenvalue weighted by Crippen LogP contribution is -2.14. The van der Waals surface area contributed by atoms with Crippen LogP contribution in [0.2, 0.25) is 0 Å². The van der Waals surface area contributed by atoms with Gasteiger partial charge in [-0.25, -0.2) is 4.79 Å². The van der Waals surface area contributed by atoms with Crippen molar-refractivity contribution in [2.75, 3.05) is 17.7 Å². The van der Waals surface area contributed by atoms with E-state index in [2.05, 4.69) is 5.32 Å². The average Bonchev–Trinajstić information content (AvgIpc) is 2.55. The molecule has 23 heavy (non-hydrogen) atoms. The average molecular weight is 311 g/mol. The largest absolute Gasteiger partial charge is 0.450 e. The lowest BCUT2D eigenvalue weighted by Gasteiger charge is -2.11. The Morgan fingerprint density at radius 2 is 2.09 bits per heavy atom. The highest BCUT2D eigenvalue weighted by atomic mass is 16.5. The molecule has 6 heteroatoms. The highest BCUT2D eigenvalue weighted by Crippen LogP contribution is 2.20. The molecule has 0 aromatic heterocycles. The maximum atomic E-state index is 11.5. The maximum Gasteiger partial charge on any atom is 0.411 e. The Morgan fingerprint density at radius 3 is 2.78 bits per heavy atom. The number of anilines is 2.